The van der Waals surface area contributed by atoms with Gasteiger partial charge in [-0.15, -0.1) is 49.6 Å². The Morgan fingerprint density at radius 3 is 1.02 bits per heavy atom. The molecule has 2 aromatic heterocycles. The van der Waals surface area contributed by atoms with Gasteiger partial charge in [-0.2, -0.15) is 0 Å². The topological polar surface area (TPSA) is 50.5 Å². The number of pyridine rings is 2. The summed E-state index contributed by atoms with van der Waals surface area (Å²) in [7, 11) is 0. The van der Waals surface area contributed by atoms with Gasteiger partial charge in [-0.05, 0) is 106 Å². The van der Waals surface area contributed by atoms with Crippen molar-refractivity contribution in [1.82, 2.24) is 9.97 Å². The van der Waals surface area contributed by atoms with Gasteiger partial charge >= 0.3 is 0 Å². The van der Waals surface area contributed by atoms with Gasteiger partial charge in [0.1, 0.15) is 0 Å². The van der Waals surface area contributed by atoms with Crippen molar-refractivity contribution in [3.05, 3.63) is 107 Å². The first-order valence-corrected chi connectivity index (χ1v) is 15.4. The molecule has 0 saturated carbocycles. The number of aromatic nitrogens is 2. The predicted molar refractivity (Wildman–Crippen MR) is 209 cm³/mol. The third-order valence-electron chi connectivity index (χ3n) is 7.65. The Morgan fingerprint density at radius 1 is 0.500 bits per heavy atom. The minimum atomic E-state index is 0. The summed E-state index contributed by atoms with van der Waals surface area (Å²) in [6.45, 7) is 18.1. The molecule has 0 aliphatic heterocycles. The zero-order chi connectivity index (χ0) is 30.2. The molecule has 0 spiro atoms. The fourth-order valence-electron chi connectivity index (χ4n) is 5.25. The molecule has 0 atom stereocenters. The molecule has 0 radical (unpaired) electrons. The standard InChI is InChI=1S/C38H46N4.4ClH.2Pd/c1-25(2)33-21-29(22-34(26(3)4)37(33)41-19-15-31-13-9-11-17-39-31)30-23-35(27(5)6)38(36(24-30)28(7)8)42-20-16-32-14-10-12-18-40-32;;;;;;/h9-14,17-28H,15-16H2,1-8H3;4*1H;;. The minimum Gasteiger partial charge on any atom is -0.261 e. The summed E-state index contributed by atoms with van der Waals surface area (Å²) in [5.41, 5.74) is 11.9. The monoisotopic (exact) mass is 914 g/mol. The molecular formula is C38H50Cl4N4Pd2. The van der Waals surface area contributed by atoms with Crippen LogP contribution in [0.3, 0.4) is 0 Å². The molecule has 270 valence electrons. The maximum Gasteiger partial charge on any atom is 0.0695 e. The van der Waals surface area contributed by atoms with Gasteiger partial charge < -0.3 is 0 Å². The van der Waals surface area contributed by atoms with Crippen LogP contribution < -0.4 is 0 Å². The van der Waals surface area contributed by atoms with Crippen molar-refractivity contribution in [3.8, 4) is 11.1 Å². The molecule has 2 heterocycles. The van der Waals surface area contributed by atoms with Crippen molar-refractivity contribution < 1.29 is 40.8 Å². The summed E-state index contributed by atoms with van der Waals surface area (Å²) < 4.78 is 0. The molecule has 0 saturated heterocycles. The molecule has 0 N–H and O–H groups in total. The molecule has 0 aliphatic rings. The molecule has 0 aliphatic carbocycles. The summed E-state index contributed by atoms with van der Waals surface area (Å²) in [5.74, 6) is 1.37. The van der Waals surface area contributed by atoms with E-state index in [0.717, 1.165) is 35.6 Å². The van der Waals surface area contributed by atoms with Gasteiger partial charge in [-0.25, -0.2) is 0 Å². The van der Waals surface area contributed by atoms with Crippen LogP contribution in [0.4, 0.5) is 11.4 Å². The van der Waals surface area contributed by atoms with E-state index in [0.29, 0.717) is 23.7 Å². The second-order valence-electron chi connectivity index (χ2n) is 12.3. The van der Waals surface area contributed by atoms with Gasteiger partial charge in [0.25, 0.3) is 0 Å². The maximum absolute atomic E-state index is 5.05. The molecule has 4 aromatic rings. The van der Waals surface area contributed by atoms with Crippen LogP contribution >= 0.6 is 49.6 Å². The Morgan fingerprint density at radius 2 is 0.792 bits per heavy atom. The van der Waals surface area contributed by atoms with Crippen LogP contribution in [0.5, 0.6) is 0 Å². The Hall–Kier alpha value is -1.44. The number of benzene rings is 2. The summed E-state index contributed by atoms with van der Waals surface area (Å²) in [6, 6.07) is 21.5. The number of rotatable bonds is 11. The summed E-state index contributed by atoms with van der Waals surface area (Å²) in [5, 5.41) is 0. The van der Waals surface area contributed by atoms with Crippen molar-refractivity contribution in [3.63, 3.8) is 0 Å². The number of hydrogen-bond acceptors (Lipinski definition) is 4. The molecular weight excluding hydrogens is 867 g/mol. The zero-order valence-corrected chi connectivity index (χ0v) is 35.2. The second kappa shape index (κ2) is 24.7. The quantitative estimate of drug-likeness (QED) is 0.111. The maximum atomic E-state index is 5.05. The summed E-state index contributed by atoms with van der Waals surface area (Å²) >= 11 is 0. The van der Waals surface area contributed by atoms with Gasteiger partial charge in [-0.3, -0.25) is 20.0 Å². The largest absolute Gasteiger partial charge is 0.261 e. The molecule has 4 rings (SSSR count). The van der Waals surface area contributed by atoms with Crippen molar-refractivity contribution in [2.45, 2.75) is 91.9 Å². The zero-order valence-electron chi connectivity index (χ0n) is 28.9. The van der Waals surface area contributed by atoms with Crippen molar-refractivity contribution in [2.24, 2.45) is 9.98 Å². The van der Waals surface area contributed by atoms with Crippen LogP contribution in [-0.4, -0.2) is 22.4 Å². The average molecular weight is 917 g/mol. The smallest absolute Gasteiger partial charge is 0.0695 e. The molecule has 2 aromatic carbocycles. The molecule has 0 bridgehead atoms. The Balaban J connectivity index is -0.00000337. The number of nitrogens with zero attached hydrogens (tertiary/aromatic N) is 4. The van der Waals surface area contributed by atoms with Crippen molar-refractivity contribution >= 4 is 73.4 Å². The Labute approximate surface area is 341 Å². The van der Waals surface area contributed by atoms with Gasteiger partial charge in [0.2, 0.25) is 0 Å². The van der Waals surface area contributed by atoms with E-state index in [-0.39, 0.29) is 90.5 Å². The summed E-state index contributed by atoms with van der Waals surface area (Å²) in [6.07, 6.45) is 9.14. The molecule has 0 amide bonds. The first kappa shape index (κ1) is 50.9. The van der Waals surface area contributed by atoms with E-state index in [4.69, 9.17) is 9.98 Å². The molecule has 10 heteroatoms. The third-order valence-corrected chi connectivity index (χ3v) is 7.65. The van der Waals surface area contributed by atoms with E-state index in [1.54, 1.807) is 0 Å². The normalized spacial score (nSPS) is 10.7. The SMILES string of the molecule is CC(C)c1cc(-c2cc(C(C)C)c(N=CCc3ccccn3)c(C(C)C)c2)cc(C(C)C)c1N=CCc1ccccn1.Cl.Cl.Cl.Cl.[Pd].[Pd]. The Kier molecular flexibility index (Phi) is 26.2. The number of halogens is 4. The van der Waals surface area contributed by atoms with Crippen LogP contribution in [0.15, 0.2) is 83.0 Å². The molecule has 0 fully saturated rings. The van der Waals surface area contributed by atoms with E-state index in [1.165, 1.54) is 33.4 Å². The average Bonchev–Trinajstić information content (AvgIpc) is 2.97. The summed E-state index contributed by atoms with van der Waals surface area (Å²) in [4.78, 5) is 19.0. The van der Waals surface area contributed by atoms with Gasteiger partial charge in [-0.1, -0.05) is 67.5 Å². The predicted octanol–water partition coefficient (Wildman–Crippen LogP) is 12.2. The van der Waals surface area contributed by atoms with E-state index in [2.05, 4.69) is 89.6 Å². The second-order valence-corrected chi connectivity index (χ2v) is 12.3. The van der Waals surface area contributed by atoms with Gasteiger partial charge in [0.05, 0.1) is 11.4 Å². The Bertz CT molecular complexity index is 1370. The first-order valence-electron chi connectivity index (χ1n) is 15.4. The molecule has 48 heavy (non-hydrogen) atoms. The van der Waals surface area contributed by atoms with E-state index < -0.39 is 0 Å². The van der Waals surface area contributed by atoms with Crippen LogP contribution in [0, 0.1) is 0 Å². The first-order chi connectivity index (χ1) is 20.2. The van der Waals surface area contributed by atoms with Crippen LogP contribution in [0.25, 0.3) is 11.1 Å². The van der Waals surface area contributed by atoms with E-state index in [9.17, 15) is 0 Å². The van der Waals surface area contributed by atoms with Crippen LogP contribution in [0.2, 0.25) is 0 Å². The molecule has 4 nitrogen and oxygen atoms in total. The fourth-order valence-corrected chi connectivity index (χ4v) is 5.25. The number of hydrogen-bond donors (Lipinski definition) is 0. The fraction of sp³-hybridized carbons (Fsp3) is 0.368. The van der Waals surface area contributed by atoms with Crippen molar-refractivity contribution in [1.29, 1.82) is 0 Å². The molecule has 0 unspecified atom stereocenters. The van der Waals surface area contributed by atoms with Crippen LogP contribution in [0.1, 0.15) is 113 Å². The van der Waals surface area contributed by atoms with E-state index >= 15 is 0 Å². The van der Waals surface area contributed by atoms with E-state index in [1.807, 2.05) is 61.2 Å². The number of aliphatic imine (C=N–C) groups is 2. The minimum absolute atomic E-state index is 0. The van der Waals surface area contributed by atoms with Crippen LogP contribution in [-0.2, 0) is 53.7 Å². The van der Waals surface area contributed by atoms with Gasteiger partial charge in [0.15, 0.2) is 0 Å². The third kappa shape index (κ3) is 13.7. The van der Waals surface area contributed by atoms with Crippen molar-refractivity contribution in [2.75, 3.05) is 0 Å². The van der Waals surface area contributed by atoms with Gasteiger partial charge in [0, 0.05) is 89.9 Å².